The fraction of sp³-hybridized carbons (Fsp3) is 0.444. The quantitative estimate of drug-likeness (QED) is 0.851. The molecule has 6 heteroatoms. The molecule has 0 radical (unpaired) electrons. The van der Waals surface area contributed by atoms with Crippen molar-refractivity contribution >= 4 is 17.5 Å². The highest BCUT2D eigenvalue weighted by Gasteiger charge is 2.10. The van der Waals surface area contributed by atoms with E-state index in [-0.39, 0.29) is 0 Å². The molecule has 6 nitrogen and oxygen atoms in total. The third kappa shape index (κ3) is 4.91. The molecule has 1 aromatic carbocycles. The first-order chi connectivity index (χ1) is 11.7. The molecule has 0 unspecified atom stereocenters. The van der Waals surface area contributed by atoms with Crippen molar-refractivity contribution in [3.63, 3.8) is 0 Å². The van der Waals surface area contributed by atoms with Gasteiger partial charge in [-0.25, -0.2) is 4.98 Å². The first-order valence-electron chi connectivity index (χ1n) is 8.45. The molecular weight excluding hydrogens is 302 g/mol. The van der Waals surface area contributed by atoms with Gasteiger partial charge in [0.2, 0.25) is 5.95 Å². The van der Waals surface area contributed by atoms with Gasteiger partial charge >= 0.3 is 0 Å². The van der Waals surface area contributed by atoms with Crippen LogP contribution in [-0.4, -0.2) is 47.2 Å². The lowest BCUT2D eigenvalue weighted by molar-refractivity contribution is 0.0342. The Bertz CT molecular complexity index is 638. The fourth-order valence-corrected chi connectivity index (χ4v) is 2.64. The van der Waals surface area contributed by atoms with Crippen LogP contribution in [0.15, 0.2) is 36.5 Å². The molecule has 1 saturated heterocycles. The minimum absolute atomic E-state index is 0.340. The van der Waals surface area contributed by atoms with Crippen LogP contribution in [0.25, 0.3) is 0 Å². The van der Waals surface area contributed by atoms with E-state index in [4.69, 9.17) is 4.74 Å². The largest absolute Gasteiger partial charge is 0.379 e. The Hall–Kier alpha value is -2.18. The van der Waals surface area contributed by atoms with Crippen LogP contribution in [0.3, 0.4) is 0 Å². The summed E-state index contributed by atoms with van der Waals surface area (Å²) in [6, 6.07) is 10.6. The number of anilines is 3. The van der Waals surface area contributed by atoms with Crippen molar-refractivity contribution in [2.45, 2.75) is 26.4 Å². The Labute approximate surface area is 143 Å². The summed E-state index contributed by atoms with van der Waals surface area (Å²) >= 11 is 0. The molecule has 0 amide bonds. The Morgan fingerprint density at radius 3 is 2.58 bits per heavy atom. The van der Waals surface area contributed by atoms with Gasteiger partial charge in [-0.3, -0.25) is 4.90 Å². The first-order valence-corrected chi connectivity index (χ1v) is 8.45. The van der Waals surface area contributed by atoms with Gasteiger partial charge < -0.3 is 15.4 Å². The number of hydrogen-bond acceptors (Lipinski definition) is 6. The van der Waals surface area contributed by atoms with E-state index in [9.17, 15) is 0 Å². The van der Waals surface area contributed by atoms with Gasteiger partial charge in [-0.2, -0.15) is 4.98 Å². The van der Waals surface area contributed by atoms with Gasteiger partial charge in [0.15, 0.2) is 0 Å². The van der Waals surface area contributed by atoms with E-state index in [1.54, 1.807) is 6.20 Å². The summed E-state index contributed by atoms with van der Waals surface area (Å²) < 4.78 is 5.39. The SMILES string of the molecule is CC(C)Nc1ccnc(Nc2ccc(CN3CCOCC3)cc2)n1. The number of hydrogen-bond donors (Lipinski definition) is 2. The van der Waals surface area contributed by atoms with Crippen LogP contribution in [-0.2, 0) is 11.3 Å². The molecular formula is C18H25N5O. The highest BCUT2D eigenvalue weighted by molar-refractivity contribution is 5.55. The van der Waals surface area contributed by atoms with Crippen LogP contribution in [0.5, 0.6) is 0 Å². The van der Waals surface area contributed by atoms with Gasteiger partial charge in [0.05, 0.1) is 13.2 Å². The van der Waals surface area contributed by atoms with Crippen molar-refractivity contribution in [1.29, 1.82) is 0 Å². The molecule has 2 heterocycles. The van der Waals surface area contributed by atoms with E-state index in [1.807, 2.05) is 6.07 Å². The molecule has 1 fully saturated rings. The Morgan fingerprint density at radius 1 is 1.12 bits per heavy atom. The molecule has 0 bridgehead atoms. The van der Waals surface area contributed by atoms with Crippen molar-refractivity contribution in [1.82, 2.24) is 14.9 Å². The molecule has 0 spiro atoms. The Kier molecular flexibility index (Phi) is 5.61. The monoisotopic (exact) mass is 327 g/mol. The number of benzene rings is 1. The van der Waals surface area contributed by atoms with Gasteiger partial charge in [0.1, 0.15) is 5.82 Å². The van der Waals surface area contributed by atoms with Crippen LogP contribution in [0.2, 0.25) is 0 Å². The summed E-state index contributed by atoms with van der Waals surface area (Å²) in [4.78, 5) is 11.2. The van der Waals surface area contributed by atoms with Crippen molar-refractivity contribution < 1.29 is 4.74 Å². The second-order valence-corrected chi connectivity index (χ2v) is 6.27. The molecule has 3 rings (SSSR count). The summed E-state index contributed by atoms with van der Waals surface area (Å²) in [6.45, 7) is 8.81. The smallest absolute Gasteiger partial charge is 0.229 e. The summed E-state index contributed by atoms with van der Waals surface area (Å²) in [7, 11) is 0. The maximum atomic E-state index is 5.39. The minimum Gasteiger partial charge on any atom is -0.379 e. The predicted octanol–water partition coefficient (Wildman–Crippen LogP) is 2.87. The lowest BCUT2D eigenvalue weighted by Crippen LogP contribution is -2.35. The number of rotatable bonds is 6. The molecule has 1 aliphatic heterocycles. The van der Waals surface area contributed by atoms with Crippen LogP contribution in [0, 0.1) is 0 Å². The van der Waals surface area contributed by atoms with Crippen molar-refractivity contribution in [2.24, 2.45) is 0 Å². The highest BCUT2D eigenvalue weighted by atomic mass is 16.5. The first kappa shape index (κ1) is 16.7. The second kappa shape index (κ2) is 8.08. The molecule has 2 aromatic rings. The maximum absolute atomic E-state index is 5.39. The number of morpholine rings is 1. The minimum atomic E-state index is 0.340. The van der Waals surface area contributed by atoms with E-state index in [0.717, 1.165) is 44.4 Å². The lowest BCUT2D eigenvalue weighted by Gasteiger charge is -2.26. The van der Waals surface area contributed by atoms with Gasteiger partial charge in [-0.15, -0.1) is 0 Å². The topological polar surface area (TPSA) is 62.3 Å². The normalized spacial score (nSPS) is 15.5. The van der Waals surface area contributed by atoms with E-state index in [2.05, 4.69) is 63.6 Å². The molecule has 0 aliphatic carbocycles. The molecule has 128 valence electrons. The van der Waals surface area contributed by atoms with Crippen LogP contribution >= 0.6 is 0 Å². The van der Waals surface area contributed by atoms with E-state index >= 15 is 0 Å². The summed E-state index contributed by atoms with van der Waals surface area (Å²) in [6.07, 6.45) is 1.76. The zero-order chi connectivity index (χ0) is 16.8. The third-order valence-electron chi connectivity index (χ3n) is 3.81. The zero-order valence-electron chi connectivity index (χ0n) is 14.3. The van der Waals surface area contributed by atoms with Crippen LogP contribution in [0.4, 0.5) is 17.5 Å². The summed E-state index contributed by atoms with van der Waals surface area (Å²) in [5, 5.41) is 6.53. The van der Waals surface area contributed by atoms with E-state index < -0.39 is 0 Å². The Morgan fingerprint density at radius 2 is 1.88 bits per heavy atom. The molecule has 1 aliphatic rings. The van der Waals surface area contributed by atoms with E-state index in [0.29, 0.717) is 12.0 Å². The molecule has 0 saturated carbocycles. The lowest BCUT2D eigenvalue weighted by atomic mass is 10.2. The van der Waals surface area contributed by atoms with Crippen LogP contribution in [0.1, 0.15) is 19.4 Å². The average Bonchev–Trinajstić information content (AvgIpc) is 2.57. The molecule has 1 aromatic heterocycles. The van der Waals surface area contributed by atoms with Crippen molar-refractivity contribution in [3.8, 4) is 0 Å². The maximum Gasteiger partial charge on any atom is 0.229 e. The second-order valence-electron chi connectivity index (χ2n) is 6.27. The summed E-state index contributed by atoms with van der Waals surface area (Å²) in [5.74, 6) is 1.42. The molecule has 2 N–H and O–H groups in total. The zero-order valence-corrected chi connectivity index (χ0v) is 14.3. The summed E-state index contributed by atoms with van der Waals surface area (Å²) in [5.41, 5.74) is 2.29. The number of aromatic nitrogens is 2. The molecule has 24 heavy (non-hydrogen) atoms. The van der Waals surface area contributed by atoms with Gasteiger partial charge in [0, 0.05) is 37.6 Å². The van der Waals surface area contributed by atoms with Gasteiger partial charge in [0.25, 0.3) is 0 Å². The van der Waals surface area contributed by atoms with Gasteiger partial charge in [-0.1, -0.05) is 12.1 Å². The van der Waals surface area contributed by atoms with E-state index in [1.165, 1.54) is 5.56 Å². The van der Waals surface area contributed by atoms with Crippen molar-refractivity contribution in [2.75, 3.05) is 36.9 Å². The van der Waals surface area contributed by atoms with Gasteiger partial charge in [-0.05, 0) is 37.6 Å². The number of nitrogens with zero attached hydrogens (tertiary/aromatic N) is 3. The molecule has 0 atom stereocenters. The van der Waals surface area contributed by atoms with Crippen LogP contribution < -0.4 is 10.6 Å². The Balaban J connectivity index is 1.59. The standard InChI is InChI=1S/C18H25N5O/c1-14(2)20-17-7-8-19-18(22-17)21-16-5-3-15(4-6-16)13-23-9-11-24-12-10-23/h3-8,14H,9-13H2,1-2H3,(H2,19,20,21,22). The number of ether oxygens (including phenoxy) is 1. The average molecular weight is 327 g/mol. The predicted molar refractivity (Wildman–Crippen MR) is 96.6 cm³/mol. The highest BCUT2D eigenvalue weighted by Crippen LogP contribution is 2.16. The number of nitrogens with one attached hydrogen (secondary N) is 2. The third-order valence-corrected chi connectivity index (χ3v) is 3.81. The fourth-order valence-electron chi connectivity index (χ4n) is 2.64. The van der Waals surface area contributed by atoms with Crippen molar-refractivity contribution in [3.05, 3.63) is 42.1 Å².